The first-order valence-electron chi connectivity index (χ1n) is 6.57. The van der Waals surface area contributed by atoms with E-state index in [2.05, 4.69) is 32.9 Å². The Hall–Kier alpha value is -0.300. The van der Waals surface area contributed by atoms with Crippen molar-refractivity contribution in [1.29, 1.82) is 0 Å². The molecular formula is C14H28O. The quantitative estimate of drug-likeness (QED) is 0.376. The third-order valence-corrected chi connectivity index (χ3v) is 2.65. The van der Waals surface area contributed by atoms with Crippen LogP contribution in [0, 0.1) is 0 Å². The average Bonchev–Trinajstić information content (AvgIpc) is 2.24. The van der Waals surface area contributed by atoms with Crippen molar-refractivity contribution in [3.05, 3.63) is 12.2 Å². The molecule has 15 heavy (non-hydrogen) atoms. The van der Waals surface area contributed by atoms with Crippen molar-refractivity contribution in [3.8, 4) is 0 Å². The van der Waals surface area contributed by atoms with Gasteiger partial charge in [0.2, 0.25) is 0 Å². The predicted molar refractivity (Wildman–Crippen MR) is 68.2 cm³/mol. The molecule has 0 aliphatic rings. The Bertz CT molecular complexity index is 134. The lowest BCUT2D eigenvalue weighted by Crippen LogP contribution is -2.12. The highest BCUT2D eigenvalue weighted by atomic mass is 16.5. The Morgan fingerprint density at radius 2 is 1.87 bits per heavy atom. The molecule has 0 spiro atoms. The van der Waals surface area contributed by atoms with Gasteiger partial charge >= 0.3 is 0 Å². The highest BCUT2D eigenvalue weighted by Gasteiger charge is 2.05. The Labute approximate surface area is 95.9 Å². The molecule has 90 valence electrons. The Balaban J connectivity index is 3.35. The molecule has 0 fully saturated rings. The molecule has 0 aliphatic carbocycles. The Kier molecular flexibility index (Phi) is 11.5. The van der Waals surface area contributed by atoms with Crippen LogP contribution in [0.3, 0.4) is 0 Å². The Morgan fingerprint density at radius 1 is 1.07 bits per heavy atom. The third-order valence-electron chi connectivity index (χ3n) is 2.65. The first kappa shape index (κ1) is 14.7. The van der Waals surface area contributed by atoms with Crippen molar-refractivity contribution in [1.82, 2.24) is 0 Å². The molecule has 0 amide bonds. The van der Waals surface area contributed by atoms with Gasteiger partial charge in [-0.2, -0.15) is 0 Å². The van der Waals surface area contributed by atoms with Crippen molar-refractivity contribution in [2.24, 2.45) is 0 Å². The molecule has 1 atom stereocenters. The fraction of sp³-hybridized carbons (Fsp3) is 0.857. The fourth-order valence-electron chi connectivity index (χ4n) is 1.85. The summed E-state index contributed by atoms with van der Waals surface area (Å²) in [5.74, 6) is 0. The van der Waals surface area contributed by atoms with Gasteiger partial charge in [-0.05, 0) is 39.5 Å². The fourth-order valence-corrected chi connectivity index (χ4v) is 1.85. The normalized spacial score (nSPS) is 13.5. The standard InChI is InChI=1S/C14H28O/c1-4-7-8-9-10-11-13-14(12-5-2)15-6-3/h4,7,14H,5-6,8-13H2,1-3H3. The smallest absolute Gasteiger partial charge is 0.0574 e. The van der Waals surface area contributed by atoms with E-state index >= 15 is 0 Å². The minimum absolute atomic E-state index is 0.515. The monoisotopic (exact) mass is 212 g/mol. The van der Waals surface area contributed by atoms with E-state index in [0.717, 1.165) is 6.61 Å². The Morgan fingerprint density at radius 3 is 2.47 bits per heavy atom. The van der Waals surface area contributed by atoms with Gasteiger partial charge in [-0.3, -0.25) is 0 Å². The van der Waals surface area contributed by atoms with Gasteiger partial charge in [0.05, 0.1) is 6.10 Å². The lowest BCUT2D eigenvalue weighted by Gasteiger charge is -2.15. The molecule has 0 rings (SSSR count). The number of unbranched alkanes of at least 4 members (excludes halogenated alkanes) is 3. The van der Waals surface area contributed by atoms with Crippen molar-refractivity contribution in [2.45, 2.75) is 71.8 Å². The number of allylic oxidation sites excluding steroid dienone is 2. The number of hydrogen-bond donors (Lipinski definition) is 0. The van der Waals surface area contributed by atoms with E-state index in [-0.39, 0.29) is 0 Å². The van der Waals surface area contributed by atoms with E-state index in [4.69, 9.17) is 4.74 Å². The second kappa shape index (κ2) is 11.8. The second-order valence-corrected chi connectivity index (χ2v) is 4.07. The molecule has 1 unspecified atom stereocenters. The zero-order valence-corrected chi connectivity index (χ0v) is 10.8. The van der Waals surface area contributed by atoms with Crippen LogP contribution in [-0.2, 0) is 4.74 Å². The summed E-state index contributed by atoms with van der Waals surface area (Å²) in [7, 11) is 0. The van der Waals surface area contributed by atoms with Gasteiger partial charge in [-0.25, -0.2) is 0 Å². The maximum absolute atomic E-state index is 5.70. The van der Waals surface area contributed by atoms with Gasteiger partial charge in [0.15, 0.2) is 0 Å². The van der Waals surface area contributed by atoms with Crippen molar-refractivity contribution < 1.29 is 4.74 Å². The largest absolute Gasteiger partial charge is 0.379 e. The minimum atomic E-state index is 0.515. The molecule has 0 heterocycles. The van der Waals surface area contributed by atoms with Crippen LogP contribution in [0.25, 0.3) is 0 Å². The van der Waals surface area contributed by atoms with Crippen LogP contribution in [0.15, 0.2) is 12.2 Å². The van der Waals surface area contributed by atoms with Crippen molar-refractivity contribution in [2.75, 3.05) is 6.61 Å². The molecule has 0 N–H and O–H groups in total. The predicted octanol–water partition coefficient (Wildman–Crippen LogP) is 4.72. The number of ether oxygens (including phenoxy) is 1. The molecule has 0 aliphatic heterocycles. The highest BCUT2D eigenvalue weighted by molar-refractivity contribution is 4.76. The molecule has 0 bridgehead atoms. The van der Waals surface area contributed by atoms with Crippen LogP contribution in [0.5, 0.6) is 0 Å². The molecule has 0 radical (unpaired) electrons. The average molecular weight is 212 g/mol. The third kappa shape index (κ3) is 9.99. The topological polar surface area (TPSA) is 9.23 Å². The van der Waals surface area contributed by atoms with E-state index in [1.807, 2.05) is 0 Å². The molecule has 1 heteroatoms. The van der Waals surface area contributed by atoms with Crippen LogP contribution in [0.4, 0.5) is 0 Å². The van der Waals surface area contributed by atoms with Crippen LogP contribution in [0.1, 0.15) is 65.7 Å². The summed E-state index contributed by atoms with van der Waals surface area (Å²) in [6.07, 6.45) is 13.9. The van der Waals surface area contributed by atoms with Gasteiger partial charge in [0.25, 0.3) is 0 Å². The maximum atomic E-state index is 5.70. The van der Waals surface area contributed by atoms with E-state index in [1.165, 1.54) is 44.9 Å². The summed E-state index contributed by atoms with van der Waals surface area (Å²) in [6.45, 7) is 7.28. The zero-order chi connectivity index (χ0) is 11.4. The van der Waals surface area contributed by atoms with Gasteiger partial charge in [0.1, 0.15) is 0 Å². The van der Waals surface area contributed by atoms with E-state index in [0.29, 0.717) is 6.10 Å². The molecule has 0 aromatic carbocycles. The molecule has 1 nitrogen and oxygen atoms in total. The molecule has 0 aromatic heterocycles. The molecule has 0 saturated carbocycles. The maximum Gasteiger partial charge on any atom is 0.0574 e. The van der Waals surface area contributed by atoms with Gasteiger partial charge in [-0.15, -0.1) is 0 Å². The summed E-state index contributed by atoms with van der Waals surface area (Å²) < 4.78 is 5.70. The first-order valence-corrected chi connectivity index (χ1v) is 6.57. The number of hydrogen-bond acceptors (Lipinski definition) is 1. The number of rotatable bonds is 10. The second-order valence-electron chi connectivity index (χ2n) is 4.07. The molecule has 0 aromatic rings. The first-order chi connectivity index (χ1) is 7.35. The van der Waals surface area contributed by atoms with Crippen molar-refractivity contribution >= 4 is 0 Å². The molecule has 0 saturated heterocycles. The summed E-state index contributed by atoms with van der Waals surface area (Å²) in [6, 6.07) is 0. The van der Waals surface area contributed by atoms with E-state index < -0.39 is 0 Å². The summed E-state index contributed by atoms with van der Waals surface area (Å²) in [4.78, 5) is 0. The van der Waals surface area contributed by atoms with Crippen LogP contribution in [-0.4, -0.2) is 12.7 Å². The minimum Gasteiger partial charge on any atom is -0.379 e. The SMILES string of the molecule is CC=CCCCCCC(CCC)OCC. The summed E-state index contributed by atoms with van der Waals surface area (Å²) in [5, 5.41) is 0. The highest BCUT2D eigenvalue weighted by Crippen LogP contribution is 2.12. The summed E-state index contributed by atoms with van der Waals surface area (Å²) in [5.41, 5.74) is 0. The van der Waals surface area contributed by atoms with Gasteiger partial charge < -0.3 is 4.74 Å². The van der Waals surface area contributed by atoms with Crippen molar-refractivity contribution in [3.63, 3.8) is 0 Å². The summed E-state index contributed by atoms with van der Waals surface area (Å²) >= 11 is 0. The van der Waals surface area contributed by atoms with Crippen LogP contribution in [0.2, 0.25) is 0 Å². The molecular weight excluding hydrogens is 184 g/mol. The van der Waals surface area contributed by atoms with E-state index in [1.54, 1.807) is 0 Å². The van der Waals surface area contributed by atoms with E-state index in [9.17, 15) is 0 Å². The van der Waals surface area contributed by atoms with Gasteiger partial charge in [0, 0.05) is 6.61 Å². The lowest BCUT2D eigenvalue weighted by atomic mass is 10.1. The van der Waals surface area contributed by atoms with Crippen LogP contribution < -0.4 is 0 Å². The van der Waals surface area contributed by atoms with Crippen LogP contribution >= 0.6 is 0 Å². The zero-order valence-electron chi connectivity index (χ0n) is 10.8. The van der Waals surface area contributed by atoms with Gasteiger partial charge in [-0.1, -0.05) is 38.3 Å². The lowest BCUT2D eigenvalue weighted by molar-refractivity contribution is 0.0484.